The minimum Gasteiger partial charge on any atom is -0.477 e. The number of allylic oxidation sites excluding steroid dienone is 1. The van der Waals surface area contributed by atoms with Gasteiger partial charge in [0.1, 0.15) is 16.7 Å². The molecule has 1 fully saturated rings. The molecule has 1 aromatic rings. The highest BCUT2D eigenvalue weighted by Crippen LogP contribution is 2.44. The molecule has 0 saturated heterocycles. The van der Waals surface area contributed by atoms with Crippen LogP contribution < -0.4 is 0 Å². The van der Waals surface area contributed by atoms with Crippen LogP contribution in [0.4, 0.5) is 0 Å². The molecule has 2 aliphatic rings. The van der Waals surface area contributed by atoms with E-state index in [1.165, 1.54) is 4.90 Å². The van der Waals surface area contributed by atoms with Crippen molar-refractivity contribution in [3.63, 3.8) is 0 Å². The van der Waals surface area contributed by atoms with E-state index in [4.69, 9.17) is 9.47 Å². The third kappa shape index (κ3) is 3.56. The van der Waals surface area contributed by atoms with Gasteiger partial charge in [0.15, 0.2) is 12.5 Å². The number of nitrogens with zero attached hydrogens (tertiary/aromatic N) is 1. The van der Waals surface area contributed by atoms with Crippen LogP contribution in [0.25, 0.3) is 5.57 Å². The summed E-state index contributed by atoms with van der Waals surface area (Å²) in [6, 6.07) is 9.27. The van der Waals surface area contributed by atoms with E-state index in [9.17, 15) is 14.4 Å². The zero-order valence-electron chi connectivity index (χ0n) is 17.6. The number of carbonyl (C=O) groups excluding carboxylic acids is 3. The smallest absolute Gasteiger partial charge is 0.319 e. The molecule has 0 unspecified atom stereocenters. The Labute approximate surface area is 171 Å². The summed E-state index contributed by atoms with van der Waals surface area (Å²) < 4.78 is 11.0. The zero-order chi connectivity index (χ0) is 21.2. The van der Waals surface area contributed by atoms with Gasteiger partial charge >= 0.3 is 5.97 Å². The fraction of sp³-hybridized carbons (Fsp3) is 0.522. The Morgan fingerprint density at radius 2 is 1.79 bits per heavy atom. The van der Waals surface area contributed by atoms with Crippen molar-refractivity contribution in [2.75, 3.05) is 13.3 Å². The predicted octanol–water partition coefficient (Wildman–Crippen LogP) is 3.71. The van der Waals surface area contributed by atoms with Crippen LogP contribution in [0.1, 0.15) is 58.9 Å². The van der Waals surface area contributed by atoms with Crippen LogP contribution in [0, 0.1) is 5.41 Å². The highest BCUT2D eigenvalue weighted by molar-refractivity contribution is 6.22. The van der Waals surface area contributed by atoms with Gasteiger partial charge in [-0.25, -0.2) is 0 Å². The van der Waals surface area contributed by atoms with Gasteiger partial charge in [-0.3, -0.25) is 19.3 Å². The molecule has 0 atom stereocenters. The first-order valence-corrected chi connectivity index (χ1v) is 10.2. The first kappa shape index (κ1) is 21.1. The van der Waals surface area contributed by atoms with Crippen LogP contribution in [0.15, 0.2) is 36.1 Å². The molecule has 1 aliphatic heterocycles. The first-order chi connectivity index (χ1) is 13.8. The fourth-order valence-corrected chi connectivity index (χ4v) is 4.40. The SMILES string of the molecule is CCOC(=O)C1(C(=O)C(C)(C)N2COC(C)=C(c3ccccc3)C2=O)CCCC1. The third-order valence-electron chi connectivity index (χ3n) is 6.07. The van der Waals surface area contributed by atoms with Gasteiger partial charge in [-0.1, -0.05) is 43.2 Å². The van der Waals surface area contributed by atoms with Gasteiger partial charge in [-0.15, -0.1) is 0 Å². The average Bonchev–Trinajstić information content (AvgIpc) is 3.19. The van der Waals surface area contributed by atoms with E-state index in [0.29, 0.717) is 24.2 Å². The standard InChI is InChI=1S/C23H29NO5/c1-5-28-21(27)23(13-9-10-14-23)20(26)22(3,4)24-15-29-16(2)18(19(24)25)17-11-7-6-8-12-17/h6-8,11-12H,5,9-10,13-15H2,1-4H3. The van der Waals surface area contributed by atoms with Crippen molar-refractivity contribution >= 4 is 23.2 Å². The number of carbonyl (C=O) groups is 3. The summed E-state index contributed by atoms with van der Waals surface area (Å²) in [5.74, 6) is -0.488. The summed E-state index contributed by atoms with van der Waals surface area (Å²) in [4.78, 5) is 41.3. The summed E-state index contributed by atoms with van der Waals surface area (Å²) in [6.45, 7) is 7.07. The largest absolute Gasteiger partial charge is 0.477 e. The molecule has 1 heterocycles. The van der Waals surface area contributed by atoms with Crippen molar-refractivity contribution in [1.82, 2.24) is 4.90 Å². The lowest BCUT2D eigenvalue weighted by molar-refractivity contribution is -0.167. The van der Waals surface area contributed by atoms with Gasteiger partial charge in [0, 0.05) is 0 Å². The van der Waals surface area contributed by atoms with Crippen LogP contribution in [0.5, 0.6) is 0 Å². The molecule has 156 valence electrons. The molecule has 0 N–H and O–H groups in total. The van der Waals surface area contributed by atoms with Gasteiger partial charge in [-0.2, -0.15) is 0 Å². The molecule has 1 aliphatic carbocycles. The number of Topliss-reactive ketones (excluding diaryl/α,β-unsaturated/α-hetero) is 1. The highest BCUT2D eigenvalue weighted by atomic mass is 16.5. The van der Waals surface area contributed by atoms with E-state index >= 15 is 0 Å². The second-order valence-electron chi connectivity index (χ2n) is 8.20. The normalized spacial score (nSPS) is 19.2. The molecular weight excluding hydrogens is 370 g/mol. The van der Waals surface area contributed by atoms with E-state index in [1.807, 2.05) is 30.3 Å². The molecule has 1 amide bonds. The predicted molar refractivity (Wildman–Crippen MR) is 108 cm³/mol. The van der Waals surface area contributed by atoms with Crippen molar-refractivity contribution in [2.45, 2.75) is 58.9 Å². The molecule has 6 nitrogen and oxygen atoms in total. The summed E-state index contributed by atoms with van der Waals surface area (Å²) in [6.07, 6.45) is 2.49. The number of amides is 1. The number of rotatable bonds is 6. The van der Waals surface area contributed by atoms with Gasteiger partial charge in [-0.05, 0) is 46.1 Å². The van der Waals surface area contributed by atoms with Crippen molar-refractivity contribution in [1.29, 1.82) is 0 Å². The van der Waals surface area contributed by atoms with Crippen LogP contribution in [-0.4, -0.2) is 41.4 Å². The Hall–Kier alpha value is -2.63. The Bertz CT molecular complexity index is 834. The Morgan fingerprint density at radius 1 is 1.17 bits per heavy atom. The molecule has 1 saturated carbocycles. The molecular formula is C23H29NO5. The second kappa shape index (κ2) is 8.01. The maximum Gasteiger partial charge on any atom is 0.319 e. The lowest BCUT2D eigenvalue weighted by Crippen LogP contribution is -2.60. The summed E-state index contributed by atoms with van der Waals surface area (Å²) in [7, 11) is 0. The summed E-state index contributed by atoms with van der Waals surface area (Å²) in [5, 5.41) is 0. The maximum atomic E-state index is 13.7. The van der Waals surface area contributed by atoms with E-state index in [-0.39, 0.29) is 25.0 Å². The number of esters is 1. The molecule has 1 aromatic carbocycles. The van der Waals surface area contributed by atoms with Gasteiger partial charge in [0.2, 0.25) is 0 Å². The summed E-state index contributed by atoms with van der Waals surface area (Å²) >= 11 is 0. The maximum absolute atomic E-state index is 13.7. The first-order valence-electron chi connectivity index (χ1n) is 10.2. The van der Waals surface area contributed by atoms with Gasteiger partial charge in [0.25, 0.3) is 5.91 Å². The average molecular weight is 399 g/mol. The Kier molecular flexibility index (Phi) is 5.82. The number of hydrogen-bond donors (Lipinski definition) is 0. The molecule has 0 bridgehead atoms. The fourth-order valence-electron chi connectivity index (χ4n) is 4.40. The monoisotopic (exact) mass is 399 g/mol. The van der Waals surface area contributed by atoms with E-state index in [0.717, 1.165) is 18.4 Å². The molecule has 3 rings (SSSR count). The number of hydrogen-bond acceptors (Lipinski definition) is 5. The molecule has 0 radical (unpaired) electrons. The molecule has 6 heteroatoms. The molecule has 0 spiro atoms. The second-order valence-corrected chi connectivity index (χ2v) is 8.20. The minimum atomic E-state index is -1.21. The molecule has 0 aromatic heterocycles. The topological polar surface area (TPSA) is 72.9 Å². The van der Waals surface area contributed by atoms with Crippen LogP contribution in [0.2, 0.25) is 0 Å². The van der Waals surface area contributed by atoms with Crippen molar-refractivity contribution in [3.05, 3.63) is 41.7 Å². The van der Waals surface area contributed by atoms with Gasteiger partial charge < -0.3 is 9.47 Å². The minimum absolute atomic E-state index is 0.0291. The van der Waals surface area contributed by atoms with E-state index in [1.54, 1.807) is 27.7 Å². The van der Waals surface area contributed by atoms with Crippen molar-refractivity contribution in [3.8, 4) is 0 Å². The number of ether oxygens (including phenoxy) is 2. The lowest BCUT2D eigenvalue weighted by atomic mass is 9.73. The quantitative estimate of drug-likeness (QED) is 0.539. The Morgan fingerprint density at radius 3 is 2.38 bits per heavy atom. The van der Waals surface area contributed by atoms with Crippen LogP contribution >= 0.6 is 0 Å². The zero-order valence-corrected chi connectivity index (χ0v) is 17.6. The lowest BCUT2D eigenvalue weighted by Gasteiger charge is -2.43. The number of benzene rings is 1. The Balaban J connectivity index is 1.95. The van der Waals surface area contributed by atoms with Crippen LogP contribution in [0.3, 0.4) is 0 Å². The third-order valence-corrected chi connectivity index (χ3v) is 6.07. The van der Waals surface area contributed by atoms with Crippen LogP contribution in [-0.2, 0) is 23.9 Å². The van der Waals surface area contributed by atoms with Gasteiger partial charge in [0.05, 0.1) is 12.2 Å². The van der Waals surface area contributed by atoms with E-state index < -0.39 is 16.9 Å². The van der Waals surface area contributed by atoms with Crippen molar-refractivity contribution < 1.29 is 23.9 Å². The molecule has 29 heavy (non-hydrogen) atoms. The van der Waals surface area contributed by atoms with Crippen molar-refractivity contribution in [2.24, 2.45) is 5.41 Å². The highest BCUT2D eigenvalue weighted by Gasteiger charge is 2.56. The number of ketones is 1. The summed E-state index contributed by atoms with van der Waals surface area (Å²) in [5.41, 5.74) is -1.23. The van der Waals surface area contributed by atoms with E-state index in [2.05, 4.69) is 0 Å².